The highest BCUT2D eigenvalue weighted by Gasteiger charge is 2.43. The third-order valence-electron chi connectivity index (χ3n) is 5.98. The number of likely N-dealkylation sites (tertiary alicyclic amines) is 1. The number of piperazine rings is 1. The molecule has 4 heterocycles. The van der Waals surface area contributed by atoms with E-state index in [1.54, 1.807) is 37.8 Å². The van der Waals surface area contributed by atoms with Gasteiger partial charge in [-0.15, -0.1) is 0 Å². The van der Waals surface area contributed by atoms with Crippen molar-refractivity contribution < 1.29 is 9.53 Å². The predicted molar refractivity (Wildman–Crippen MR) is 112 cm³/mol. The van der Waals surface area contributed by atoms with Crippen LogP contribution in [0.4, 0.5) is 5.82 Å². The largest absolute Gasteiger partial charge is 0.496 e. The Bertz CT molecular complexity index is 1140. The monoisotopic (exact) mass is 415 g/mol. The molecule has 2 aromatic heterocycles. The molecule has 0 saturated carbocycles. The first-order chi connectivity index (χ1) is 15.2. The summed E-state index contributed by atoms with van der Waals surface area (Å²) in [5.41, 5.74) is 1.64. The van der Waals surface area contributed by atoms with Crippen LogP contribution in [0, 0.1) is 11.3 Å². The van der Waals surface area contributed by atoms with Gasteiger partial charge < -0.3 is 14.5 Å². The number of nitriles is 1. The standard InChI is InChI=1S/C22H21N7O2/c1-31-19-4-2-3-18(29-25-9-10-26-29)21(19)22(30)27-13-16-5-6-17(14-27)28(16)20-11-15(12-23)7-8-24-20/h2-4,7-11,16-17H,5-6,13-14H2,1H3. The van der Waals surface area contributed by atoms with Gasteiger partial charge in [-0.3, -0.25) is 4.79 Å². The number of carbonyl (C=O) groups is 1. The Kier molecular flexibility index (Phi) is 4.75. The van der Waals surface area contributed by atoms with Crippen molar-refractivity contribution in [3.63, 3.8) is 0 Å². The summed E-state index contributed by atoms with van der Waals surface area (Å²) >= 11 is 0. The summed E-state index contributed by atoms with van der Waals surface area (Å²) in [5, 5.41) is 17.6. The van der Waals surface area contributed by atoms with Crippen LogP contribution >= 0.6 is 0 Å². The number of rotatable bonds is 4. The number of anilines is 1. The summed E-state index contributed by atoms with van der Waals surface area (Å²) < 4.78 is 5.51. The molecule has 0 aliphatic carbocycles. The predicted octanol–water partition coefficient (Wildman–Crippen LogP) is 2.04. The average Bonchev–Trinajstić information content (AvgIpc) is 3.44. The van der Waals surface area contributed by atoms with Gasteiger partial charge in [0.15, 0.2) is 0 Å². The maximum absolute atomic E-state index is 13.7. The molecule has 0 radical (unpaired) electrons. The molecular weight excluding hydrogens is 394 g/mol. The first-order valence-corrected chi connectivity index (χ1v) is 10.2. The molecule has 2 saturated heterocycles. The summed E-state index contributed by atoms with van der Waals surface area (Å²) in [6.07, 6.45) is 6.78. The van der Waals surface area contributed by atoms with E-state index >= 15 is 0 Å². The quantitative estimate of drug-likeness (QED) is 0.643. The number of pyridine rings is 1. The van der Waals surface area contributed by atoms with E-state index in [4.69, 9.17) is 4.74 Å². The Labute approximate surface area is 179 Å². The van der Waals surface area contributed by atoms with Crippen LogP contribution in [0.2, 0.25) is 0 Å². The van der Waals surface area contributed by atoms with Crippen molar-refractivity contribution in [1.29, 1.82) is 5.26 Å². The van der Waals surface area contributed by atoms with Gasteiger partial charge >= 0.3 is 0 Å². The van der Waals surface area contributed by atoms with E-state index in [1.807, 2.05) is 23.1 Å². The van der Waals surface area contributed by atoms with Gasteiger partial charge in [0.05, 0.1) is 31.1 Å². The molecule has 2 unspecified atom stereocenters. The van der Waals surface area contributed by atoms with Crippen LogP contribution in [0.25, 0.3) is 5.69 Å². The van der Waals surface area contributed by atoms with Gasteiger partial charge in [-0.05, 0) is 37.1 Å². The summed E-state index contributed by atoms with van der Waals surface area (Å²) in [6.45, 7) is 1.16. The number of methoxy groups -OCH3 is 1. The van der Waals surface area contributed by atoms with Crippen LogP contribution in [0.3, 0.4) is 0 Å². The van der Waals surface area contributed by atoms with Crippen LogP contribution in [0.15, 0.2) is 48.9 Å². The second kappa shape index (κ2) is 7.72. The van der Waals surface area contributed by atoms with Gasteiger partial charge in [0, 0.05) is 31.4 Å². The molecule has 5 rings (SSSR count). The fourth-order valence-electron chi connectivity index (χ4n) is 4.64. The number of hydrogen-bond donors (Lipinski definition) is 0. The maximum atomic E-state index is 13.7. The van der Waals surface area contributed by atoms with E-state index in [2.05, 4.69) is 26.2 Å². The number of nitrogens with zero attached hydrogens (tertiary/aromatic N) is 7. The van der Waals surface area contributed by atoms with E-state index in [1.165, 1.54) is 4.80 Å². The first kappa shape index (κ1) is 19.1. The van der Waals surface area contributed by atoms with E-state index in [0.29, 0.717) is 35.7 Å². The lowest BCUT2D eigenvalue weighted by molar-refractivity contribution is 0.0713. The topological polar surface area (TPSA) is 100 Å². The van der Waals surface area contributed by atoms with Crippen LogP contribution in [0.1, 0.15) is 28.8 Å². The molecular formula is C22H21N7O2. The Morgan fingerprint density at radius 2 is 1.87 bits per heavy atom. The zero-order valence-corrected chi connectivity index (χ0v) is 17.0. The summed E-state index contributed by atoms with van der Waals surface area (Å²) in [4.78, 5) is 23.7. The Morgan fingerprint density at radius 3 is 2.55 bits per heavy atom. The molecule has 156 valence electrons. The zero-order valence-electron chi connectivity index (χ0n) is 17.0. The minimum atomic E-state index is -0.0972. The highest BCUT2D eigenvalue weighted by molar-refractivity contribution is 6.00. The van der Waals surface area contributed by atoms with Gasteiger partial charge in [-0.25, -0.2) is 4.98 Å². The number of ether oxygens (including phenoxy) is 1. The molecule has 2 atom stereocenters. The van der Waals surface area contributed by atoms with E-state index in [0.717, 1.165) is 18.7 Å². The second-order valence-electron chi connectivity index (χ2n) is 7.69. The lowest BCUT2D eigenvalue weighted by Crippen LogP contribution is -2.55. The summed E-state index contributed by atoms with van der Waals surface area (Å²) in [7, 11) is 1.56. The first-order valence-electron chi connectivity index (χ1n) is 10.2. The zero-order chi connectivity index (χ0) is 21.4. The van der Waals surface area contributed by atoms with Crippen molar-refractivity contribution in [2.45, 2.75) is 24.9 Å². The summed E-state index contributed by atoms with van der Waals surface area (Å²) in [6, 6.07) is 11.4. The van der Waals surface area contributed by atoms with Gasteiger partial charge in [-0.2, -0.15) is 20.3 Å². The molecule has 1 amide bonds. The van der Waals surface area contributed by atoms with Crippen LogP contribution in [-0.4, -0.2) is 63.1 Å². The Morgan fingerprint density at radius 1 is 1.13 bits per heavy atom. The average molecular weight is 415 g/mol. The molecule has 2 fully saturated rings. The highest BCUT2D eigenvalue weighted by atomic mass is 16.5. The lowest BCUT2D eigenvalue weighted by atomic mass is 10.1. The number of aromatic nitrogens is 4. The molecule has 2 aliphatic rings. The second-order valence-corrected chi connectivity index (χ2v) is 7.69. The maximum Gasteiger partial charge on any atom is 0.260 e. The highest BCUT2D eigenvalue weighted by Crippen LogP contribution is 2.36. The van der Waals surface area contributed by atoms with Gasteiger partial charge in [0.1, 0.15) is 22.8 Å². The lowest BCUT2D eigenvalue weighted by Gasteiger charge is -2.42. The molecule has 9 heteroatoms. The third-order valence-corrected chi connectivity index (χ3v) is 5.98. The van der Waals surface area contributed by atoms with E-state index in [9.17, 15) is 10.1 Å². The van der Waals surface area contributed by atoms with E-state index in [-0.39, 0.29) is 18.0 Å². The minimum Gasteiger partial charge on any atom is -0.496 e. The molecule has 9 nitrogen and oxygen atoms in total. The van der Waals surface area contributed by atoms with Crippen molar-refractivity contribution >= 4 is 11.7 Å². The molecule has 2 aliphatic heterocycles. The number of fused-ring (bicyclic) bond motifs is 2. The van der Waals surface area contributed by atoms with Crippen molar-refractivity contribution in [1.82, 2.24) is 24.9 Å². The van der Waals surface area contributed by atoms with Gasteiger partial charge in [0.25, 0.3) is 5.91 Å². The van der Waals surface area contributed by atoms with Crippen molar-refractivity contribution in [2.24, 2.45) is 0 Å². The number of carbonyl (C=O) groups excluding carboxylic acids is 1. The Balaban J connectivity index is 1.45. The number of amides is 1. The molecule has 31 heavy (non-hydrogen) atoms. The molecule has 3 aromatic rings. The SMILES string of the molecule is COc1cccc(-n2nccn2)c1C(=O)N1CC2CCC(C1)N2c1cc(C#N)ccn1. The third kappa shape index (κ3) is 3.26. The van der Waals surface area contributed by atoms with Crippen LogP contribution in [-0.2, 0) is 0 Å². The molecule has 2 bridgehead atoms. The molecule has 1 aromatic carbocycles. The fourth-order valence-corrected chi connectivity index (χ4v) is 4.64. The molecule has 0 spiro atoms. The van der Waals surface area contributed by atoms with Crippen molar-refractivity contribution in [3.8, 4) is 17.5 Å². The summed E-state index contributed by atoms with van der Waals surface area (Å²) in [5.74, 6) is 1.20. The van der Waals surface area contributed by atoms with E-state index < -0.39 is 0 Å². The van der Waals surface area contributed by atoms with Crippen LogP contribution < -0.4 is 9.64 Å². The van der Waals surface area contributed by atoms with Crippen LogP contribution in [0.5, 0.6) is 5.75 Å². The fraction of sp³-hybridized carbons (Fsp3) is 0.318. The normalized spacial score (nSPS) is 19.9. The Hall–Kier alpha value is -3.93. The molecule has 0 N–H and O–H groups in total. The smallest absolute Gasteiger partial charge is 0.260 e. The number of benzene rings is 1. The van der Waals surface area contributed by atoms with Crippen molar-refractivity contribution in [2.75, 3.05) is 25.1 Å². The van der Waals surface area contributed by atoms with Gasteiger partial charge in [0.2, 0.25) is 0 Å². The number of hydrogen-bond acceptors (Lipinski definition) is 7. The van der Waals surface area contributed by atoms with Gasteiger partial charge in [-0.1, -0.05) is 6.07 Å². The minimum absolute atomic E-state index is 0.0972. The van der Waals surface area contributed by atoms with Crippen molar-refractivity contribution in [3.05, 3.63) is 60.0 Å².